The number of rotatable bonds is 6. The van der Waals surface area contributed by atoms with Crippen LogP contribution in [0.2, 0.25) is 0 Å². The van der Waals surface area contributed by atoms with Crippen LogP contribution in [0, 0.1) is 29.9 Å². The molecule has 2 N–H and O–H groups in total. The SMILES string of the molecule is Cc1ccc(C)c(S(=O)(=O)NC(C(=O)O)C(C)C)c1[N+](=O)[O-]. The van der Waals surface area contributed by atoms with E-state index in [0.717, 1.165) is 0 Å². The third kappa shape index (κ3) is 3.60. The number of benzene rings is 1. The largest absolute Gasteiger partial charge is 0.480 e. The highest BCUT2D eigenvalue weighted by Gasteiger charge is 2.34. The number of aliphatic carboxylic acids is 1. The number of hydrogen-bond acceptors (Lipinski definition) is 5. The lowest BCUT2D eigenvalue weighted by Gasteiger charge is -2.19. The van der Waals surface area contributed by atoms with Gasteiger partial charge < -0.3 is 5.11 Å². The summed E-state index contributed by atoms with van der Waals surface area (Å²) in [6, 6.07) is 1.52. The predicted molar refractivity (Wildman–Crippen MR) is 79.2 cm³/mol. The molecule has 0 saturated heterocycles. The van der Waals surface area contributed by atoms with E-state index in [0.29, 0.717) is 0 Å². The van der Waals surface area contributed by atoms with Gasteiger partial charge in [0.1, 0.15) is 6.04 Å². The Kier molecular flexibility index (Phi) is 5.26. The van der Waals surface area contributed by atoms with Crippen LogP contribution in [0.1, 0.15) is 25.0 Å². The molecular weight excluding hydrogens is 312 g/mol. The highest BCUT2D eigenvalue weighted by atomic mass is 32.2. The summed E-state index contributed by atoms with van der Waals surface area (Å²) in [6.07, 6.45) is 0. The van der Waals surface area contributed by atoms with Crippen molar-refractivity contribution < 1.29 is 23.2 Å². The minimum Gasteiger partial charge on any atom is -0.480 e. The van der Waals surface area contributed by atoms with Crippen LogP contribution in [-0.4, -0.2) is 30.5 Å². The number of carbonyl (C=O) groups is 1. The van der Waals surface area contributed by atoms with E-state index in [2.05, 4.69) is 0 Å². The number of hydrogen-bond donors (Lipinski definition) is 2. The summed E-state index contributed by atoms with van der Waals surface area (Å²) in [6.45, 7) is 5.93. The summed E-state index contributed by atoms with van der Waals surface area (Å²) in [5.74, 6) is -1.86. The molecule has 0 heterocycles. The predicted octanol–water partition coefficient (Wildman–Crippen LogP) is 1.60. The number of nitrogens with one attached hydrogen (secondary N) is 1. The van der Waals surface area contributed by atoms with Gasteiger partial charge in [-0.05, 0) is 25.3 Å². The van der Waals surface area contributed by atoms with Crippen LogP contribution in [-0.2, 0) is 14.8 Å². The summed E-state index contributed by atoms with van der Waals surface area (Å²) in [4.78, 5) is 21.1. The minimum absolute atomic E-state index is 0.178. The van der Waals surface area contributed by atoms with Crippen LogP contribution in [0.4, 0.5) is 5.69 Å². The maximum Gasteiger partial charge on any atom is 0.322 e. The zero-order chi connectivity index (χ0) is 17.2. The second kappa shape index (κ2) is 6.41. The third-order valence-corrected chi connectivity index (χ3v) is 4.81. The molecule has 0 aliphatic carbocycles. The fourth-order valence-electron chi connectivity index (χ4n) is 2.03. The molecule has 22 heavy (non-hydrogen) atoms. The van der Waals surface area contributed by atoms with Crippen molar-refractivity contribution in [3.8, 4) is 0 Å². The molecule has 1 atom stereocenters. The van der Waals surface area contributed by atoms with Crippen LogP contribution in [0.5, 0.6) is 0 Å². The molecule has 1 aromatic carbocycles. The molecule has 0 radical (unpaired) electrons. The number of carboxylic acid groups (broad SMARTS) is 1. The Morgan fingerprint density at radius 1 is 1.27 bits per heavy atom. The number of carboxylic acids is 1. The van der Waals surface area contributed by atoms with Crippen molar-refractivity contribution in [1.29, 1.82) is 0 Å². The number of nitro benzene ring substituents is 1. The summed E-state index contributed by atoms with van der Waals surface area (Å²) in [5.41, 5.74) is -0.175. The lowest BCUT2D eigenvalue weighted by Crippen LogP contribution is -2.44. The van der Waals surface area contributed by atoms with E-state index in [1.165, 1.54) is 26.0 Å². The number of aryl methyl sites for hydroxylation is 2. The van der Waals surface area contributed by atoms with E-state index in [-0.39, 0.29) is 11.1 Å². The molecule has 0 aromatic heterocycles. The highest BCUT2D eigenvalue weighted by Crippen LogP contribution is 2.30. The molecule has 1 rings (SSSR count). The second-order valence-electron chi connectivity index (χ2n) is 5.32. The average molecular weight is 330 g/mol. The van der Waals surface area contributed by atoms with Crippen LogP contribution < -0.4 is 4.72 Å². The number of sulfonamides is 1. The van der Waals surface area contributed by atoms with E-state index in [4.69, 9.17) is 5.11 Å². The van der Waals surface area contributed by atoms with Gasteiger partial charge in [-0.25, -0.2) is 8.42 Å². The summed E-state index contributed by atoms with van der Waals surface area (Å²) < 4.78 is 27.0. The molecule has 0 amide bonds. The van der Waals surface area contributed by atoms with Crippen LogP contribution in [0.25, 0.3) is 0 Å². The average Bonchev–Trinajstić information content (AvgIpc) is 2.37. The lowest BCUT2D eigenvalue weighted by atomic mass is 10.1. The molecule has 1 aromatic rings. The van der Waals surface area contributed by atoms with Gasteiger partial charge in [0.25, 0.3) is 5.69 Å². The van der Waals surface area contributed by atoms with Crippen molar-refractivity contribution in [3.05, 3.63) is 33.4 Å². The maximum absolute atomic E-state index is 12.5. The van der Waals surface area contributed by atoms with Crippen LogP contribution in [0.3, 0.4) is 0 Å². The summed E-state index contributed by atoms with van der Waals surface area (Å²) in [7, 11) is -4.35. The van der Waals surface area contributed by atoms with Crippen molar-refractivity contribution in [2.24, 2.45) is 5.92 Å². The first kappa shape index (κ1) is 18.1. The second-order valence-corrected chi connectivity index (χ2v) is 6.97. The first-order valence-corrected chi connectivity index (χ1v) is 7.97. The molecule has 0 saturated carbocycles. The molecule has 0 fully saturated rings. The van der Waals surface area contributed by atoms with Gasteiger partial charge in [-0.2, -0.15) is 4.72 Å². The molecule has 0 spiro atoms. The van der Waals surface area contributed by atoms with Crippen molar-refractivity contribution in [2.75, 3.05) is 0 Å². The molecule has 122 valence electrons. The van der Waals surface area contributed by atoms with Crippen molar-refractivity contribution in [3.63, 3.8) is 0 Å². The van der Waals surface area contributed by atoms with Crippen LogP contribution >= 0.6 is 0 Å². The van der Waals surface area contributed by atoms with E-state index >= 15 is 0 Å². The first-order valence-electron chi connectivity index (χ1n) is 6.48. The Morgan fingerprint density at radius 2 is 1.77 bits per heavy atom. The zero-order valence-electron chi connectivity index (χ0n) is 12.7. The molecule has 0 aliphatic rings. The smallest absolute Gasteiger partial charge is 0.322 e. The Morgan fingerprint density at radius 3 is 2.18 bits per heavy atom. The summed E-state index contributed by atoms with van der Waals surface area (Å²) >= 11 is 0. The molecule has 1 unspecified atom stereocenters. The quantitative estimate of drug-likeness (QED) is 0.602. The van der Waals surface area contributed by atoms with Gasteiger partial charge >= 0.3 is 5.97 Å². The monoisotopic (exact) mass is 330 g/mol. The number of nitrogens with zero attached hydrogens (tertiary/aromatic N) is 1. The fraction of sp³-hybridized carbons (Fsp3) is 0.462. The van der Waals surface area contributed by atoms with Gasteiger partial charge in [0.2, 0.25) is 10.0 Å². The Labute approximate surface area is 128 Å². The summed E-state index contributed by atoms with van der Waals surface area (Å²) in [5, 5.41) is 20.3. The van der Waals surface area contributed by atoms with E-state index in [1.54, 1.807) is 13.8 Å². The van der Waals surface area contributed by atoms with Gasteiger partial charge in [-0.15, -0.1) is 0 Å². The number of nitro groups is 1. The van der Waals surface area contributed by atoms with Gasteiger partial charge in [0.15, 0.2) is 4.90 Å². The molecule has 0 bridgehead atoms. The van der Waals surface area contributed by atoms with E-state index in [1.807, 2.05) is 4.72 Å². The maximum atomic E-state index is 12.5. The van der Waals surface area contributed by atoms with Crippen molar-refractivity contribution in [2.45, 2.75) is 38.6 Å². The third-order valence-electron chi connectivity index (χ3n) is 3.20. The van der Waals surface area contributed by atoms with E-state index < -0.39 is 43.5 Å². The molecule has 9 heteroatoms. The van der Waals surface area contributed by atoms with Gasteiger partial charge in [-0.1, -0.05) is 26.0 Å². The molecule has 8 nitrogen and oxygen atoms in total. The van der Waals surface area contributed by atoms with Gasteiger partial charge in [0, 0.05) is 5.56 Å². The molecule has 0 aliphatic heterocycles. The Balaban J connectivity index is 3.50. The lowest BCUT2D eigenvalue weighted by molar-refractivity contribution is -0.388. The highest BCUT2D eigenvalue weighted by molar-refractivity contribution is 7.89. The minimum atomic E-state index is -4.35. The topological polar surface area (TPSA) is 127 Å². The van der Waals surface area contributed by atoms with Gasteiger partial charge in [0.05, 0.1) is 4.92 Å². The van der Waals surface area contributed by atoms with Gasteiger partial charge in [-0.3, -0.25) is 14.9 Å². The van der Waals surface area contributed by atoms with Crippen LogP contribution in [0.15, 0.2) is 17.0 Å². The zero-order valence-corrected chi connectivity index (χ0v) is 13.5. The first-order chi connectivity index (χ1) is 9.99. The fourth-order valence-corrected chi connectivity index (χ4v) is 3.84. The van der Waals surface area contributed by atoms with E-state index in [9.17, 15) is 23.3 Å². The standard InChI is InChI=1S/C13H18N2O6S/c1-7(2)10(13(16)17)14-22(20,21)12-9(4)6-5-8(3)11(12)15(18)19/h5-7,10,14H,1-4H3,(H,16,17). The Hall–Kier alpha value is -2.00. The van der Waals surface area contributed by atoms with Crippen molar-refractivity contribution in [1.82, 2.24) is 4.72 Å². The van der Waals surface area contributed by atoms with Crippen molar-refractivity contribution >= 4 is 21.7 Å². The Bertz CT molecular complexity index is 711. The normalized spacial score (nSPS) is 13.1. The molecular formula is C13H18N2O6S.